The second-order valence-electron chi connectivity index (χ2n) is 5.99. The van der Waals surface area contributed by atoms with Gasteiger partial charge in [0, 0.05) is 21.5 Å². The first kappa shape index (κ1) is 17.1. The summed E-state index contributed by atoms with van der Waals surface area (Å²) in [6.07, 6.45) is 0. The van der Waals surface area contributed by atoms with Crippen LogP contribution in [-0.2, 0) is 0 Å². The van der Waals surface area contributed by atoms with E-state index < -0.39 is 5.91 Å². The fourth-order valence-corrected chi connectivity index (χ4v) is 3.01. The Balaban J connectivity index is 1.67. The zero-order chi connectivity index (χ0) is 18.8. The quantitative estimate of drug-likeness (QED) is 0.474. The summed E-state index contributed by atoms with van der Waals surface area (Å²) in [6.45, 7) is 0. The monoisotopic (exact) mass is 375 g/mol. The average Bonchev–Trinajstić information content (AvgIpc) is 3.14. The molecular formula is C22H14ClNO3. The van der Waals surface area contributed by atoms with Crippen LogP contribution in [0, 0.1) is 0 Å². The molecule has 3 aromatic carbocycles. The first-order valence-corrected chi connectivity index (χ1v) is 8.69. The minimum absolute atomic E-state index is 0.171. The van der Waals surface area contributed by atoms with Crippen LogP contribution in [0.3, 0.4) is 0 Å². The van der Waals surface area contributed by atoms with Crippen LogP contribution in [0.2, 0.25) is 5.02 Å². The van der Waals surface area contributed by atoms with E-state index in [4.69, 9.17) is 16.0 Å². The standard InChI is InChI=1S/C22H14ClNO3/c23-16-10-11-18(17(13-16)21(25)14-6-2-1-3-7-14)24-22(26)20-12-15-8-4-5-9-19(15)27-20/h1-13H,(H,24,26). The van der Waals surface area contributed by atoms with Crippen molar-refractivity contribution in [1.29, 1.82) is 0 Å². The van der Waals surface area contributed by atoms with Gasteiger partial charge in [-0.15, -0.1) is 0 Å². The van der Waals surface area contributed by atoms with Gasteiger partial charge in [0.2, 0.25) is 0 Å². The van der Waals surface area contributed by atoms with E-state index in [1.807, 2.05) is 24.3 Å². The van der Waals surface area contributed by atoms with Crippen molar-refractivity contribution in [1.82, 2.24) is 0 Å². The van der Waals surface area contributed by atoms with Crippen LogP contribution in [0.1, 0.15) is 26.5 Å². The van der Waals surface area contributed by atoms with Crippen LogP contribution in [0.4, 0.5) is 5.69 Å². The summed E-state index contributed by atoms with van der Waals surface area (Å²) in [7, 11) is 0. The molecule has 4 nitrogen and oxygen atoms in total. The first-order valence-electron chi connectivity index (χ1n) is 8.31. The summed E-state index contributed by atoms with van der Waals surface area (Å²) in [5.74, 6) is -0.488. The Hall–Kier alpha value is -3.37. The first-order chi connectivity index (χ1) is 13.1. The summed E-state index contributed by atoms with van der Waals surface area (Å²) < 4.78 is 5.59. The number of anilines is 1. The summed E-state index contributed by atoms with van der Waals surface area (Å²) in [6, 6.07) is 22.6. The van der Waals surface area contributed by atoms with Gasteiger partial charge in [-0.1, -0.05) is 60.1 Å². The van der Waals surface area contributed by atoms with E-state index in [-0.39, 0.29) is 11.5 Å². The molecule has 132 valence electrons. The molecule has 0 aliphatic carbocycles. The van der Waals surface area contributed by atoms with Crippen LogP contribution in [0.5, 0.6) is 0 Å². The summed E-state index contributed by atoms with van der Waals surface area (Å²) in [5, 5.41) is 4.00. The fourth-order valence-electron chi connectivity index (χ4n) is 2.84. The molecule has 0 fully saturated rings. The average molecular weight is 376 g/mol. The minimum atomic E-state index is -0.435. The predicted octanol–water partition coefficient (Wildman–Crippen LogP) is 5.57. The van der Waals surface area contributed by atoms with Gasteiger partial charge in [0.05, 0.1) is 5.69 Å². The van der Waals surface area contributed by atoms with Gasteiger partial charge in [-0.3, -0.25) is 9.59 Å². The summed E-state index contributed by atoms with van der Waals surface area (Å²) in [4.78, 5) is 25.5. The maximum Gasteiger partial charge on any atom is 0.291 e. The maximum absolute atomic E-state index is 12.8. The topological polar surface area (TPSA) is 59.3 Å². The van der Waals surface area contributed by atoms with Gasteiger partial charge >= 0.3 is 0 Å². The van der Waals surface area contributed by atoms with Gasteiger partial charge in [-0.25, -0.2) is 0 Å². The molecule has 5 heteroatoms. The lowest BCUT2D eigenvalue weighted by Gasteiger charge is -2.10. The number of nitrogens with one attached hydrogen (secondary N) is 1. The second-order valence-corrected chi connectivity index (χ2v) is 6.42. The van der Waals surface area contributed by atoms with Crippen molar-refractivity contribution in [2.45, 2.75) is 0 Å². The van der Waals surface area contributed by atoms with E-state index in [9.17, 15) is 9.59 Å². The maximum atomic E-state index is 12.8. The number of halogens is 1. The van der Waals surface area contributed by atoms with Crippen LogP contribution in [-0.4, -0.2) is 11.7 Å². The molecule has 0 aliphatic rings. The Labute approximate surface area is 160 Å². The van der Waals surface area contributed by atoms with Crippen molar-refractivity contribution in [3.63, 3.8) is 0 Å². The number of hydrogen-bond acceptors (Lipinski definition) is 3. The van der Waals surface area contributed by atoms with Crippen molar-refractivity contribution in [3.05, 3.63) is 101 Å². The van der Waals surface area contributed by atoms with Crippen molar-refractivity contribution >= 4 is 39.9 Å². The van der Waals surface area contributed by atoms with Crippen LogP contribution >= 0.6 is 11.6 Å². The third-order valence-electron chi connectivity index (χ3n) is 4.16. The van der Waals surface area contributed by atoms with E-state index >= 15 is 0 Å². The lowest BCUT2D eigenvalue weighted by molar-refractivity contribution is 0.0998. The van der Waals surface area contributed by atoms with Crippen molar-refractivity contribution < 1.29 is 14.0 Å². The molecule has 0 atom stereocenters. The molecule has 0 saturated carbocycles. The zero-order valence-electron chi connectivity index (χ0n) is 14.1. The molecule has 0 saturated heterocycles. The number of ketones is 1. The van der Waals surface area contributed by atoms with Gasteiger partial charge in [0.15, 0.2) is 11.5 Å². The lowest BCUT2D eigenvalue weighted by atomic mass is 10.0. The van der Waals surface area contributed by atoms with Gasteiger partial charge in [-0.05, 0) is 30.3 Å². The molecule has 1 amide bonds. The summed E-state index contributed by atoms with van der Waals surface area (Å²) in [5.41, 5.74) is 1.83. The highest BCUT2D eigenvalue weighted by molar-refractivity contribution is 6.31. The van der Waals surface area contributed by atoms with E-state index in [0.29, 0.717) is 27.4 Å². The highest BCUT2D eigenvalue weighted by Crippen LogP contribution is 2.25. The molecule has 1 N–H and O–H groups in total. The molecule has 4 rings (SSSR count). The van der Waals surface area contributed by atoms with Crippen molar-refractivity contribution in [2.75, 3.05) is 5.32 Å². The minimum Gasteiger partial charge on any atom is -0.451 e. The van der Waals surface area contributed by atoms with E-state index in [1.54, 1.807) is 54.6 Å². The molecule has 0 radical (unpaired) electrons. The van der Waals surface area contributed by atoms with E-state index in [1.165, 1.54) is 0 Å². The SMILES string of the molecule is O=C(Nc1ccc(Cl)cc1C(=O)c1ccccc1)c1cc2ccccc2o1. The number of carbonyl (C=O) groups is 2. The Morgan fingerprint density at radius 3 is 2.37 bits per heavy atom. The molecule has 4 aromatic rings. The molecule has 1 aromatic heterocycles. The largest absolute Gasteiger partial charge is 0.451 e. The Bertz CT molecular complexity index is 1120. The van der Waals surface area contributed by atoms with Gasteiger partial charge in [-0.2, -0.15) is 0 Å². The van der Waals surface area contributed by atoms with Crippen molar-refractivity contribution in [3.8, 4) is 0 Å². The molecule has 27 heavy (non-hydrogen) atoms. The van der Waals surface area contributed by atoms with E-state index in [2.05, 4.69) is 5.32 Å². The smallest absolute Gasteiger partial charge is 0.291 e. The molecule has 0 spiro atoms. The van der Waals surface area contributed by atoms with Gasteiger partial charge in [0.1, 0.15) is 5.58 Å². The van der Waals surface area contributed by atoms with Crippen LogP contribution in [0.15, 0.2) is 83.3 Å². The zero-order valence-corrected chi connectivity index (χ0v) is 14.9. The normalized spacial score (nSPS) is 10.7. The predicted molar refractivity (Wildman–Crippen MR) is 105 cm³/mol. The third-order valence-corrected chi connectivity index (χ3v) is 4.39. The van der Waals surface area contributed by atoms with Crippen LogP contribution < -0.4 is 5.32 Å². The van der Waals surface area contributed by atoms with Crippen LogP contribution in [0.25, 0.3) is 11.0 Å². The van der Waals surface area contributed by atoms with E-state index in [0.717, 1.165) is 5.39 Å². The van der Waals surface area contributed by atoms with Gasteiger partial charge in [0.25, 0.3) is 5.91 Å². The summed E-state index contributed by atoms with van der Waals surface area (Å²) >= 11 is 6.07. The molecular weight excluding hydrogens is 362 g/mol. The number of rotatable bonds is 4. The number of carbonyl (C=O) groups excluding carboxylic acids is 2. The number of furan rings is 1. The Kier molecular flexibility index (Phi) is 4.48. The highest BCUT2D eigenvalue weighted by Gasteiger charge is 2.18. The number of benzene rings is 3. The number of para-hydroxylation sites is 1. The second kappa shape index (κ2) is 7.09. The third kappa shape index (κ3) is 3.48. The van der Waals surface area contributed by atoms with Crippen molar-refractivity contribution in [2.24, 2.45) is 0 Å². The Morgan fingerprint density at radius 1 is 0.852 bits per heavy atom. The fraction of sp³-hybridized carbons (Fsp3) is 0. The molecule has 0 aliphatic heterocycles. The number of hydrogen-bond donors (Lipinski definition) is 1. The van der Waals surface area contributed by atoms with Gasteiger partial charge < -0.3 is 9.73 Å². The Morgan fingerprint density at radius 2 is 1.59 bits per heavy atom. The molecule has 0 bridgehead atoms. The molecule has 1 heterocycles. The number of fused-ring (bicyclic) bond motifs is 1. The lowest BCUT2D eigenvalue weighted by Crippen LogP contribution is -2.14. The number of amides is 1. The highest BCUT2D eigenvalue weighted by atomic mass is 35.5. The molecule has 0 unspecified atom stereocenters.